The van der Waals surface area contributed by atoms with Crippen molar-refractivity contribution >= 4 is 11.6 Å². The Morgan fingerprint density at radius 1 is 1.29 bits per heavy atom. The minimum Gasteiger partial charge on any atom is -0.398 e. The van der Waals surface area contributed by atoms with Gasteiger partial charge in [-0.1, -0.05) is 18.6 Å². The average molecular weight is 230 g/mol. The molecule has 0 aromatic heterocycles. The maximum absolute atomic E-state index is 11.9. The highest BCUT2D eigenvalue weighted by Crippen LogP contribution is 2.35. The van der Waals surface area contributed by atoms with Crippen LogP contribution >= 0.6 is 0 Å². The monoisotopic (exact) mass is 230 g/mol. The molecule has 1 unspecified atom stereocenters. The Hall–Kier alpha value is -1.51. The molecule has 0 aliphatic heterocycles. The molecule has 3 nitrogen and oxygen atoms in total. The predicted molar refractivity (Wildman–Crippen MR) is 67.4 cm³/mol. The minimum absolute atomic E-state index is 0.182. The number of fused-ring (bicyclic) bond motifs is 1. The molecule has 1 saturated carbocycles. The van der Waals surface area contributed by atoms with Crippen molar-refractivity contribution in [1.29, 1.82) is 0 Å². The third-order valence-electron chi connectivity index (χ3n) is 4.10. The first-order chi connectivity index (χ1) is 8.25. The van der Waals surface area contributed by atoms with Crippen molar-refractivity contribution in [2.75, 3.05) is 5.73 Å². The Labute approximate surface area is 101 Å². The third-order valence-corrected chi connectivity index (χ3v) is 4.10. The summed E-state index contributed by atoms with van der Waals surface area (Å²) in [5.74, 6) is 0.497. The minimum atomic E-state index is 0.182. The number of nitrogens with two attached hydrogens (primary N) is 1. The Morgan fingerprint density at radius 2 is 2.12 bits per heavy atom. The van der Waals surface area contributed by atoms with Crippen molar-refractivity contribution in [3.8, 4) is 0 Å². The van der Waals surface area contributed by atoms with Gasteiger partial charge in [-0.05, 0) is 42.9 Å². The van der Waals surface area contributed by atoms with Gasteiger partial charge in [0.05, 0.1) is 6.04 Å². The van der Waals surface area contributed by atoms with E-state index in [4.69, 9.17) is 5.73 Å². The zero-order valence-corrected chi connectivity index (χ0v) is 9.91. The molecule has 90 valence electrons. The number of benzene rings is 1. The van der Waals surface area contributed by atoms with Crippen LogP contribution in [0.1, 0.15) is 42.9 Å². The Bertz CT molecular complexity index is 452. The summed E-state index contributed by atoms with van der Waals surface area (Å²) in [5, 5.41) is 3.17. The van der Waals surface area contributed by atoms with Crippen molar-refractivity contribution in [2.24, 2.45) is 5.92 Å². The standard InChI is InChI=1S/C14H18N2O/c15-12-6-2-5-11-10(12)7-8-13(11)16-14(17)9-3-1-4-9/h2,5-6,9,13H,1,3-4,7-8,15H2,(H,16,17). The molecule has 0 radical (unpaired) electrons. The highest BCUT2D eigenvalue weighted by Gasteiger charge is 2.30. The van der Waals surface area contributed by atoms with E-state index in [-0.39, 0.29) is 17.9 Å². The normalized spacial score (nSPS) is 22.9. The summed E-state index contributed by atoms with van der Waals surface area (Å²) in [6.07, 6.45) is 5.29. The maximum Gasteiger partial charge on any atom is 0.223 e. The van der Waals surface area contributed by atoms with Gasteiger partial charge in [-0.3, -0.25) is 4.79 Å². The van der Waals surface area contributed by atoms with Gasteiger partial charge in [0.1, 0.15) is 0 Å². The van der Waals surface area contributed by atoms with Crippen LogP contribution in [0.15, 0.2) is 18.2 Å². The number of hydrogen-bond donors (Lipinski definition) is 2. The van der Waals surface area contributed by atoms with Crippen LogP contribution in [0.25, 0.3) is 0 Å². The zero-order valence-electron chi connectivity index (χ0n) is 9.91. The summed E-state index contributed by atoms with van der Waals surface area (Å²) in [7, 11) is 0. The molecule has 2 aliphatic rings. The van der Waals surface area contributed by atoms with Crippen LogP contribution in [-0.4, -0.2) is 5.91 Å². The lowest BCUT2D eigenvalue weighted by Gasteiger charge is -2.26. The van der Waals surface area contributed by atoms with Crippen LogP contribution in [0.3, 0.4) is 0 Å². The first-order valence-corrected chi connectivity index (χ1v) is 6.43. The van der Waals surface area contributed by atoms with E-state index in [0.29, 0.717) is 0 Å². The summed E-state index contributed by atoms with van der Waals surface area (Å²) in [5.41, 5.74) is 9.26. The second-order valence-corrected chi connectivity index (χ2v) is 5.14. The fourth-order valence-electron chi connectivity index (χ4n) is 2.79. The van der Waals surface area contributed by atoms with Crippen molar-refractivity contribution in [3.63, 3.8) is 0 Å². The maximum atomic E-state index is 11.9. The van der Waals surface area contributed by atoms with E-state index in [2.05, 4.69) is 11.4 Å². The smallest absolute Gasteiger partial charge is 0.223 e. The fourth-order valence-corrected chi connectivity index (χ4v) is 2.79. The van der Waals surface area contributed by atoms with Gasteiger partial charge in [0.2, 0.25) is 5.91 Å². The first kappa shape index (κ1) is 10.6. The number of rotatable bonds is 2. The largest absolute Gasteiger partial charge is 0.398 e. The first-order valence-electron chi connectivity index (χ1n) is 6.43. The molecule has 1 aromatic carbocycles. The molecule has 1 fully saturated rings. The number of nitrogen functional groups attached to an aromatic ring is 1. The quantitative estimate of drug-likeness (QED) is 0.765. The Balaban J connectivity index is 1.75. The molecule has 0 spiro atoms. The summed E-state index contributed by atoms with van der Waals surface area (Å²) < 4.78 is 0. The lowest BCUT2D eigenvalue weighted by atomic mass is 9.84. The van der Waals surface area contributed by atoms with E-state index < -0.39 is 0 Å². The fraction of sp³-hybridized carbons (Fsp3) is 0.500. The van der Waals surface area contributed by atoms with Crippen molar-refractivity contribution in [1.82, 2.24) is 5.32 Å². The van der Waals surface area contributed by atoms with Crippen LogP contribution in [0.5, 0.6) is 0 Å². The molecule has 0 heterocycles. The van der Waals surface area contributed by atoms with E-state index in [1.54, 1.807) is 0 Å². The molecule has 1 amide bonds. The number of carbonyl (C=O) groups is 1. The van der Waals surface area contributed by atoms with E-state index in [1.165, 1.54) is 17.5 Å². The molecule has 0 bridgehead atoms. The second-order valence-electron chi connectivity index (χ2n) is 5.14. The van der Waals surface area contributed by atoms with Crippen LogP contribution in [0, 0.1) is 5.92 Å². The Morgan fingerprint density at radius 3 is 2.82 bits per heavy atom. The van der Waals surface area contributed by atoms with Crippen LogP contribution < -0.4 is 11.1 Å². The summed E-state index contributed by atoms with van der Waals surface area (Å²) in [4.78, 5) is 11.9. The highest BCUT2D eigenvalue weighted by atomic mass is 16.2. The van der Waals surface area contributed by atoms with Gasteiger partial charge < -0.3 is 11.1 Å². The molecule has 1 atom stereocenters. The van der Waals surface area contributed by atoms with Gasteiger partial charge in [0.15, 0.2) is 0 Å². The van der Waals surface area contributed by atoms with Gasteiger partial charge in [-0.2, -0.15) is 0 Å². The Kier molecular flexibility index (Phi) is 2.54. The lowest BCUT2D eigenvalue weighted by molar-refractivity contribution is -0.128. The summed E-state index contributed by atoms with van der Waals surface area (Å²) in [6.45, 7) is 0. The molecule has 3 heteroatoms. The average Bonchev–Trinajstić information content (AvgIpc) is 2.60. The van der Waals surface area contributed by atoms with Gasteiger partial charge in [-0.15, -0.1) is 0 Å². The number of anilines is 1. The number of amides is 1. The summed E-state index contributed by atoms with van der Waals surface area (Å²) >= 11 is 0. The van der Waals surface area contributed by atoms with Crippen LogP contribution in [0.2, 0.25) is 0 Å². The zero-order chi connectivity index (χ0) is 11.8. The van der Waals surface area contributed by atoms with Crippen LogP contribution in [-0.2, 0) is 11.2 Å². The lowest BCUT2D eigenvalue weighted by Crippen LogP contribution is -2.36. The molecule has 0 saturated heterocycles. The predicted octanol–water partition coefficient (Wildman–Crippen LogP) is 2.17. The van der Waals surface area contributed by atoms with Gasteiger partial charge in [-0.25, -0.2) is 0 Å². The number of nitrogens with one attached hydrogen (secondary N) is 1. The molecular formula is C14H18N2O. The van der Waals surface area contributed by atoms with Crippen molar-refractivity contribution in [3.05, 3.63) is 29.3 Å². The molecule has 3 rings (SSSR count). The molecule has 2 aliphatic carbocycles. The van der Waals surface area contributed by atoms with E-state index in [1.807, 2.05) is 12.1 Å². The van der Waals surface area contributed by atoms with Gasteiger partial charge in [0.25, 0.3) is 0 Å². The van der Waals surface area contributed by atoms with E-state index in [9.17, 15) is 4.79 Å². The van der Waals surface area contributed by atoms with Gasteiger partial charge >= 0.3 is 0 Å². The molecule has 3 N–H and O–H groups in total. The second kappa shape index (κ2) is 4.06. The van der Waals surface area contributed by atoms with E-state index in [0.717, 1.165) is 31.4 Å². The number of hydrogen-bond acceptors (Lipinski definition) is 2. The molecule has 1 aromatic rings. The van der Waals surface area contributed by atoms with Crippen LogP contribution in [0.4, 0.5) is 5.69 Å². The molecular weight excluding hydrogens is 212 g/mol. The number of carbonyl (C=O) groups excluding carboxylic acids is 1. The topological polar surface area (TPSA) is 55.1 Å². The van der Waals surface area contributed by atoms with Gasteiger partial charge in [0, 0.05) is 11.6 Å². The van der Waals surface area contributed by atoms with E-state index >= 15 is 0 Å². The third kappa shape index (κ3) is 1.79. The highest BCUT2D eigenvalue weighted by molar-refractivity contribution is 5.80. The SMILES string of the molecule is Nc1cccc2c1CCC2NC(=O)C1CCC1. The molecule has 17 heavy (non-hydrogen) atoms. The summed E-state index contributed by atoms with van der Waals surface area (Å²) in [6, 6.07) is 6.18. The van der Waals surface area contributed by atoms with Crippen molar-refractivity contribution < 1.29 is 4.79 Å². The van der Waals surface area contributed by atoms with Crippen molar-refractivity contribution in [2.45, 2.75) is 38.1 Å².